The van der Waals surface area contributed by atoms with Crippen LogP contribution in [-0.2, 0) is 14.4 Å². The second-order valence-corrected chi connectivity index (χ2v) is 5.32. The summed E-state index contributed by atoms with van der Waals surface area (Å²) in [6.07, 6.45) is 4.20. The largest absolute Gasteiger partial charge is 0.481 e. The van der Waals surface area contributed by atoms with Gasteiger partial charge in [0.1, 0.15) is 6.04 Å². The van der Waals surface area contributed by atoms with Crippen molar-refractivity contribution in [1.82, 2.24) is 4.90 Å². The minimum absolute atomic E-state index is 0.0846. The molecule has 1 saturated carbocycles. The summed E-state index contributed by atoms with van der Waals surface area (Å²) < 4.78 is 0. The van der Waals surface area contributed by atoms with Crippen molar-refractivity contribution in [2.75, 3.05) is 0 Å². The smallest absolute Gasteiger partial charge is 0.305 e. The fourth-order valence-corrected chi connectivity index (χ4v) is 2.65. The van der Waals surface area contributed by atoms with E-state index in [0.717, 1.165) is 32.1 Å². The van der Waals surface area contributed by atoms with Crippen LogP contribution in [0.3, 0.4) is 0 Å². The minimum atomic E-state index is -1.14. The molecule has 0 spiro atoms. The Bertz CT molecular complexity index is 380. The normalized spacial score (nSPS) is 19.1. The molecule has 2 amide bonds. The van der Waals surface area contributed by atoms with E-state index in [2.05, 4.69) is 0 Å². The number of nitrogens with zero attached hydrogens (tertiary/aromatic N) is 1. The van der Waals surface area contributed by atoms with Gasteiger partial charge in [-0.05, 0) is 19.8 Å². The number of carbonyl (C=O) groups is 3. The van der Waals surface area contributed by atoms with Gasteiger partial charge in [0.05, 0.1) is 12.5 Å². The summed E-state index contributed by atoms with van der Waals surface area (Å²) >= 11 is 0. The number of amides is 2. The second-order valence-electron chi connectivity index (χ2n) is 5.32. The lowest BCUT2D eigenvalue weighted by atomic mass is 9.92. The summed E-state index contributed by atoms with van der Waals surface area (Å²) in [5, 5.41) is 8.73. The molecule has 5 N–H and O–H groups in total. The van der Waals surface area contributed by atoms with E-state index in [1.807, 2.05) is 0 Å². The number of primary amides is 1. The lowest BCUT2D eigenvalue weighted by Crippen LogP contribution is -2.56. The molecule has 0 heterocycles. The van der Waals surface area contributed by atoms with Gasteiger partial charge in [0.25, 0.3) is 0 Å². The van der Waals surface area contributed by atoms with E-state index in [-0.39, 0.29) is 6.04 Å². The Morgan fingerprint density at radius 3 is 2.25 bits per heavy atom. The molecule has 2 atom stereocenters. The first kappa shape index (κ1) is 16.4. The van der Waals surface area contributed by atoms with Crippen LogP contribution in [-0.4, -0.2) is 45.9 Å². The van der Waals surface area contributed by atoms with Gasteiger partial charge in [0.15, 0.2) is 0 Å². The molecule has 0 aromatic heterocycles. The first-order chi connectivity index (χ1) is 9.34. The van der Waals surface area contributed by atoms with E-state index in [1.165, 1.54) is 4.90 Å². The van der Waals surface area contributed by atoms with E-state index in [0.29, 0.717) is 0 Å². The SMILES string of the molecule is CC(C(N)=O)N(C(=O)C(N)CC(=O)O)C1CCCCC1. The van der Waals surface area contributed by atoms with E-state index in [1.54, 1.807) is 6.92 Å². The summed E-state index contributed by atoms with van der Waals surface area (Å²) in [7, 11) is 0. The fourth-order valence-electron chi connectivity index (χ4n) is 2.65. The van der Waals surface area contributed by atoms with Gasteiger partial charge in [-0.15, -0.1) is 0 Å². The van der Waals surface area contributed by atoms with Crippen LogP contribution in [0.15, 0.2) is 0 Å². The van der Waals surface area contributed by atoms with Gasteiger partial charge < -0.3 is 21.5 Å². The zero-order chi connectivity index (χ0) is 15.3. The van der Waals surface area contributed by atoms with Crippen LogP contribution in [0.1, 0.15) is 45.4 Å². The van der Waals surface area contributed by atoms with Gasteiger partial charge in [-0.3, -0.25) is 14.4 Å². The monoisotopic (exact) mass is 285 g/mol. The van der Waals surface area contributed by atoms with Gasteiger partial charge in [-0.2, -0.15) is 0 Å². The summed E-state index contributed by atoms with van der Waals surface area (Å²) in [5.41, 5.74) is 10.9. The molecular formula is C13H23N3O4. The molecule has 2 unspecified atom stereocenters. The Labute approximate surface area is 118 Å². The lowest BCUT2D eigenvalue weighted by Gasteiger charge is -2.38. The first-order valence-corrected chi connectivity index (χ1v) is 6.93. The molecule has 0 aromatic carbocycles. The van der Waals surface area contributed by atoms with Crippen molar-refractivity contribution < 1.29 is 19.5 Å². The minimum Gasteiger partial charge on any atom is -0.481 e. The average Bonchev–Trinajstić information content (AvgIpc) is 2.39. The predicted molar refractivity (Wildman–Crippen MR) is 72.6 cm³/mol. The third-order valence-corrected chi connectivity index (χ3v) is 3.76. The van der Waals surface area contributed by atoms with E-state index < -0.39 is 36.3 Å². The van der Waals surface area contributed by atoms with Crippen LogP contribution in [0.5, 0.6) is 0 Å². The van der Waals surface area contributed by atoms with Gasteiger partial charge in [0, 0.05) is 6.04 Å². The molecule has 7 heteroatoms. The topological polar surface area (TPSA) is 127 Å². The van der Waals surface area contributed by atoms with Crippen molar-refractivity contribution >= 4 is 17.8 Å². The average molecular weight is 285 g/mol. The van der Waals surface area contributed by atoms with Crippen molar-refractivity contribution in [2.45, 2.75) is 63.6 Å². The molecule has 7 nitrogen and oxygen atoms in total. The lowest BCUT2D eigenvalue weighted by molar-refractivity contribution is -0.146. The van der Waals surface area contributed by atoms with Crippen molar-refractivity contribution in [1.29, 1.82) is 0 Å². The Hall–Kier alpha value is -1.63. The Morgan fingerprint density at radius 2 is 1.80 bits per heavy atom. The van der Waals surface area contributed by atoms with E-state index in [4.69, 9.17) is 16.6 Å². The third-order valence-electron chi connectivity index (χ3n) is 3.76. The maximum atomic E-state index is 12.4. The molecule has 20 heavy (non-hydrogen) atoms. The number of carboxylic acids is 1. The standard InChI is InChI=1S/C13H23N3O4/c1-8(12(15)19)16(9-5-3-2-4-6-9)13(20)10(14)7-11(17)18/h8-10H,2-7,14H2,1H3,(H2,15,19)(H,17,18). The number of aliphatic carboxylic acids is 1. The van der Waals surface area contributed by atoms with Gasteiger partial charge in [-0.1, -0.05) is 19.3 Å². The molecule has 0 bridgehead atoms. The summed E-state index contributed by atoms with van der Waals surface area (Å²) in [6, 6.07) is -2.00. The zero-order valence-electron chi connectivity index (χ0n) is 11.7. The number of hydrogen-bond donors (Lipinski definition) is 3. The van der Waals surface area contributed by atoms with Gasteiger partial charge >= 0.3 is 5.97 Å². The Morgan fingerprint density at radius 1 is 1.25 bits per heavy atom. The van der Waals surface area contributed by atoms with Crippen molar-refractivity contribution in [2.24, 2.45) is 11.5 Å². The van der Waals surface area contributed by atoms with Crippen LogP contribution < -0.4 is 11.5 Å². The molecule has 1 fully saturated rings. The molecule has 1 rings (SSSR count). The predicted octanol–water partition coefficient (Wildman–Crippen LogP) is -0.176. The molecule has 0 aromatic rings. The maximum Gasteiger partial charge on any atom is 0.305 e. The molecular weight excluding hydrogens is 262 g/mol. The van der Waals surface area contributed by atoms with E-state index >= 15 is 0 Å². The molecule has 114 valence electrons. The number of hydrogen-bond acceptors (Lipinski definition) is 4. The highest BCUT2D eigenvalue weighted by Crippen LogP contribution is 2.25. The fraction of sp³-hybridized carbons (Fsp3) is 0.769. The Balaban J connectivity index is 2.88. The quantitative estimate of drug-likeness (QED) is 0.624. The van der Waals surface area contributed by atoms with E-state index in [9.17, 15) is 14.4 Å². The molecule has 1 aliphatic carbocycles. The van der Waals surface area contributed by atoms with Crippen molar-refractivity contribution in [3.05, 3.63) is 0 Å². The molecule has 0 radical (unpaired) electrons. The number of nitrogens with two attached hydrogens (primary N) is 2. The Kier molecular flexibility index (Phi) is 5.94. The van der Waals surface area contributed by atoms with Crippen LogP contribution in [0.4, 0.5) is 0 Å². The number of carboxylic acid groups (broad SMARTS) is 1. The third kappa shape index (κ3) is 4.19. The highest BCUT2D eigenvalue weighted by Gasteiger charge is 2.35. The first-order valence-electron chi connectivity index (χ1n) is 6.93. The van der Waals surface area contributed by atoms with Crippen molar-refractivity contribution in [3.8, 4) is 0 Å². The van der Waals surface area contributed by atoms with Crippen LogP contribution in [0.25, 0.3) is 0 Å². The molecule has 1 aliphatic rings. The summed E-state index contributed by atoms with van der Waals surface area (Å²) in [4.78, 5) is 35.8. The number of carbonyl (C=O) groups excluding carboxylic acids is 2. The molecule has 0 saturated heterocycles. The second kappa shape index (κ2) is 7.23. The summed E-state index contributed by atoms with van der Waals surface area (Å²) in [5.74, 6) is -2.25. The van der Waals surface area contributed by atoms with Crippen LogP contribution >= 0.6 is 0 Å². The van der Waals surface area contributed by atoms with Crippen molar-refractivity contribution in [3.63, 3.8) is 0 Å². The maximum absolute atomic E-state index is 12.4. The van der Waals surface area contributed by atoms with Gasteiger partial charge in [-0.25, -0.2) is 0 Å². The number of rotatable bonds is 6. The van der Waals surface area contributed by atoms with Crippen LogP contribution in [0, 0.1) is 0 Å². The van der Waals surface area contributed by atoms with Gasteiger partial charge in [0.2, 0.25) is 11.8 Å². The highest BCUT2D eigenvalue weighted by molar-refractivity contribution is 5.91. The van der Waals surface area contributed by atoms with Crippen LogP contribution in [0.2, 0.25) is 0 Å². The zero-order valence-corrected chi connectivity index (χ0v) is 11.7. The summed E-state index contributed by atoms with van der Waals surface area (Å²) in [6.45, 7) is 1.56. The highest BCUT2D eigenvalue weighted by atomic mass is 16.4. The molecule has 0 aliphatic heterocycles.